The van der Waals surface area contributed by atoms with E-state index in [1.54, 1.807) is 6.92 Å². The number of hydrogen-bond donors (Lipinski definition) is 1. The lowest BCUT2D eigenvalue weighted by atomic mass is 10.3. The zero-order valence-electron chi connectivity index (χ0n) is 9.25. The number of benzene rings is 1. The SMILES string of the molecule is Cc1c(N)ncnc1Oc1cc(Br)cc(F)c1F. The Bertz CT molecular complexity index is 607. The van der Waals surface area contributed by atoms with E-state index in [0.717, 1.165) is 6.07 Å². The second-order valence-electron chi connectivity index (χ2n) is 3.49. The number of rotatable bonds is 2. The molecule has 1 aromatic carbocycles. The van der Waals surface area contributed by atoms with E-state index in [-0.39, 0.29) is 17.4 Å². The van der Waals surface area contributed by atoms with Gasteiger partial charge in [0.05, 0.1) is 5.56 Å². The van der Waals surface area contributed by atoms with Gasteiger partial charge in [-0.3, -0.25) is 0 Å². The van der Waals surface area contributed by atoms with Crippen LogP contribution in [0.25, 0.3) is 0 Å². The third-order valence-electron chi connectivity index (χ3n) is 2.24. The number of nitrogens with zero attached hydrogens (tertiary/aromatic N) is 2. The van der Waals surface area contributed by atoms with E-state index >= 15 is 0 Å². The van der Waals surface area contributed by atoms with Crippen LogP contribution in [0.5, 0.6) is 11.6 Å². The standard InChI is InChI=1S/C11H8BrF2N3O/c1-5-10(15)16-4-17-11(5)18-8-3-6(12)2-7(13)9(8)14/h2-4H,1H3,(H2,15,16,17). The van der Waals surface area contributed by atoms with Crippen molar-refractivity contribution >= 4 is 21.7 Å². The average molecular weight is 316 g/mol. The minimum Gasteiger partial charge on any atom is -0.435 e. The molecular formula is C11H8BrF2N3O. The molecule has 0 saturated carbocycles. The van der Waals surface area contributed by atoms with Crippen molar-refractivity contribution in [1.82, 2.24) is 9.97 Å². The van der Waals surface area contributed by atoms with E-state index < -0.39 is 11.6 Å². The number of anilines is 1. The van der Waals surface area contributed by atoms with Gasteiger partial charge in [-0.05, 0) is 19.1 Å². The van der Waals surface area contributed by atoms with Crippen LogP contribution >= 0.6 is 15.9 Å². The van der Waals surface area contributed by atoms with Gasteiger partial charge in [-0.1, -0.05) is 15.9 Å². The molecule has 0 aliphatic heterocycles. The topological polar surface area (TPSA) is 61.0 Å². The first-order valence-corrected chi connectivity index (χ1v) is 5.68. The molecule has 7 heteroatoms. The van der Waals surface area contributed by atoms with Crippen LogP contribution in [0.4, 0.5) is 14.6 Å². The van der Waals surface area contributed by atoms with E-state index in [9.17, 15) is 8.78 Å². The van der Waals surface area contributed by atoms with Crippen molar-refractivity contribution in [2.24, 2.45) is 0 Å². The number of halogens is 3. The van der Waals surface area contributed by atoms with Gasteiger partial charge in [-0.25, -0.2) is 14.4 Å². The molecule has 0 aliphatic carbocycles. The molecule has 0 atom stereocenters. The lowest BCUT2D eigenvalue weighted by Crippen LogP contribution is -2.00. The van der Waals surface area contributed by atoms with E-state index in [4.69, 9.17) is 10.5 Å². The molecule has 0 bridgehead atoms. The lowest BCUT2D eigenvalue weighted by Gasteiger charge is -2.09. The molecule has 1 heterocycles. The Morgan fingerprint density at radius 1 is 1.28 bits per heavy atom. The predicted octanol–water partition coefficient (Wildman–Crippen LogP) is 3.20. The largest absolute Gasteiger partial charge is 0.435 e. The molecule has 0 fully saturated rings. The summed E-state index contributed by atoms with van der Waals surface area (Å²) >= 11 is 3.05. The third-order valence-corrected chi connectivity index (χ3v) is 2.70. The molecule has 0 aliphatic rings. The zero-order valence-corrected chi connectivity index (χ0v) is 10.8. The third kappa shape index (κ3) is 2.40. The summed E-state index contributed by atoms with van der Waals surface area (Å²) in [6.07, 6.45) is 1.18. The summed E-state index contributed by atoms with van der Waals surface area (Å²) in [4.78, 5) is 7.57. The van der Waals surface area contributed by atoms with Crippen molar-refractivity contribution in [3.05, 3.63) is 40.1 Å². The highest BCUT2D eigenvalue weighted by Gasteiger charge is 2.14. The van der Waals surface area contributed by atoms with Crippen molar-refractivity contribution in [3.63, 3.8) is 0 Å². The molecule has 1 aromatic heterocycles. The van der Waals surface area contributed by atoms with Crippen LogP contribution in [0.3, 0.4) is 0 Å². The Morgan fingerprint density at radius 3 is 2.72 bits per heavy atom. The molecule has 0 radical (unpaired) electrons. The fraction of sp³-hybridized carbons (Fsp3) is 0.0909. The number of aromatic nitrogens is 2. The van der Waals surface area contributed by atoms with Crippen molar-refractivity contribution in [2.75, 3.05) is 5.73 Å². The maximum Gasteiger partial charge on any atom is 0.227 e. The van der Waals surface area contributed by atoms with Crippen LogP contribution in [0.15, 0.2) is 22.9 Å². The minimum atomic E-state index is -1.09. The average Bonchev–Trinajstić information content (AvgIpc) is 2.31. The second-order valence-corrected chi connectivity index (χ2v) is 4.41. The van der Waals surface area contributed by atoms with Crippen LogP contribution in [0.2, 0.25) is 0 Å². The first-order chi connectivity index (χ1) is 8.49. The Labute approximate surface area is 110 Å². The molecule has 0 amide bonds. The number of nitrogens with two attached hydrogens (primary N) is 1. The normalized spacial score (nSPS) is 10.4. The zero-order chi connectivity index (χ0) is 13.3. The fourth-order valence-corrected chi connectivity index (χ4v) is 1.67. The highest BCUT2D eigenvalue weighted by Crippen LogP contribution is 2.30. The first-order valence-electron chi connectivity index (χ1n) is 4.88. The molecule has 2 rings (SSSR count). The quantitative estimate of drug-likeness (QED) is 0.864. The van der Waals surface area contributed by atoms with Crippen molar-refractivity contribution < 1.29 is 13.5 Å². The van der Waals surface area contributed by atoms with Crippen molar-refractivity contribution in [1.29, 1.82) is 0 Å². The molecule has 4 nitrogen and oxygen atoms in total. The van der Waals surface area contributed by atoms with Gasteiger partial charge < -0.3 is 10.5 Å². The molecular weight excluding hydrogens is 308 g/mol. The highest BCUT2D eigenvalue weighted by atomic mass is 79.9. The van der Waals surface area contributed by atoms with E-state index in [1.807, 2.05) is 0 Å². The molecule has 0 saturated heterocycles. The van der Waals surface area contributed by atoms with Crippen LogP contribution in [0, 0.1) is 18.6 Å². The van der Waals surface area contributed by atoms with Crippen LogP contribution in [-0.2, 0) is 0 Å². The molecule has 0 unspecified atom stereocenters. The van der Waals surface area contributed by atoms with Crippen molar-refractivity contribution in [2.45, 2.75) is 6.92 Å². The minimum absolute atomic E-state index is 0.0823. The summed E-state index contributed by atoms with van der Waals surface area (Å²) in [6.45, 7) is 1.62. The Balaban J connectivity index is 2.43. The maximum absolute atomic E-state index is 13.5. The second kappa shape index (κ2) is 4.85. The first kappa shape index (κ1) is 12.7. The highest BCUT2D eigenvalue weighted by molar-refractivity contribution is 9.10. The van der Waals surface area contributed by atoms with Gasteiger partial charge in [-0.2, -0.15) is 4.39 Å². The molecule has 18 heavy (non-hydrogen) atoms. The van der Waals surface area contributed by atoms with E-state index in [0.29, 0.717) is 10.0 Å². The van der Waals surface area contributed by atoms with Crippen LogP contribution in [0.1, 0.15) is 5.56 Å². The van der Waals surface area contributed by atoms with E-state index in [2.05, 4.69) is 25.9 Å². The van der Waals surface area contributed by atoms with Gasteiger partial charge in [0.1, 0.15) is 12.1 Å². The van der Waals surface area contributed by atoms with Crippen LogP contribution in [-0.4, -0.2) is 9.97 Å². The van der Waals surface area contributed by atoms with Gasteiger partial charge in [0.2, 0.25) is 11.7 Å². The number of hydrogen-bond acceptors (Lipinski definition) is 4. The maximum atomic E-state index is 13.5. The summed E-state index contributed by atoms with van der Waals surface area (Å²) < 4.78 is 32.2. The van der Waals surface area contributed by atoms with Gasteiger partial charge in [-0.15, -0.1) is 0 Å². The summed E-state index contributed by atoms with van der Waals surface area (Å²) in [5.41, 5.74) is 6.02. The molecule has 0 spiro atoms. The number of ether oxygens (including phenoxy) is 1. The molecule has 2 N–H and O–H groups in total. The van der Waals surface area contributed by atoms with Gasteiger partial charge >= 0.3 is 0 Å². The van der Waals surface area contributed by atoms with Crippen molar-refractivity contribution in [3.8, 4) is 11.6 Å². The van der Waals surface area contributed by atoms with E-state index in [1.165, 1.54) is 12.4 Å². The summed E-state index contributed by atoms with van der Waals surface area (Å²) in [7, 11) is 0. The van der Waals surface area contributed by atoms with Gasteiger partial charge in [0.15, 0.2) is 11.6 Å². The molecule has 2 aromatic rings. The Morgan fingerprint density at radius 2 is 2.00 bits per heavy atom. The fourth-order valence-electron chi connectivity index (χ4n) is 1.26. The monoisotopic (exact) mass is 315 g/mol. The summed E-state index contributed by atoms with van der Waals surface area (Å²) in [5.74, 6) is -2.08. The Hall–Kier alpha value is -1.76. The lowest BCUT2D eigenvalue weighted by molar-refractivity contribution is 0.402. The summed E-state index contributed by atoms with van der Waals surface area (Å²) in [6, 6.07) is 2.31. The number of nitrogen functional groups attached to an aromatic ring is 1. The summed E-state index contributed by atoms with van der Waals surface area (Å²) in [5, 5.41) is 0. The smallest absolute Gasteiger partial charge is 0.227 e. The Kier molecular flexibility index (Phi) is 3.42. The molecule has 94 valence electrons. The van der Waals surface area contributed by atoms with Gasteiger partial charge in [0, 0.05) is 4.47 Å². The van der Waals surface area contributed by atoms with Gasteiger partial charge in [0.25, 0.3) is 0 Å². The predicted molar refractivity (Wildman–Crippen MR) is 65.3 cm³/mol. The van der Waals surface area contributed by atoms with Crippen LogP contribution < -0.4 is 10.5 Å².